The number of ketones is 1. The summed E-state index contributed by atoms with van der Waals surface area (Å²) < 4.78 is 7.57. The molecule has 170 valence electrons. The molecule has 2 aromatic carbocycles. The summed E-state index contributed by atoms with van der Waals surface area (Å²) in [5, 5.41) is 22.6. The molecule has 1 heterocycles. The first-order chi connectivity index (χ1) is 15.4. The van der Waals surface area contributed by atoms with Gasteiger partial charge in [0, 0.05) is 10.5 Å². The summed E-state index contributed by atoms with van der Waals surface area (Å²) in [6, 6.07) is 9.21. The molecule has 0 amide bonds. The Morgan fingerprint density at radius 2 is 2.06 bits per heavy atom. The number of halogens is 1. The maximum absolute atomic E-state index is 11.7. The zero-order valence-electron chi connectivity index (χ0n) is 18.5. The van der Waals surface area contributed by atoms with Gasteiger partial charge < -0.3 is 9.84 Å². The number of hydrogen-bond donors (Lipinski definition) is 1. The van der Waals surface area contributed by atoms with E-state index in [1.165, 1.54) is 6.92 Å². The molecule has 0 saturated carbocycles. The van der Waals surface area contributed by atoms with Gasteiger partial charge in [0.05, 0.1) is 22.9 Å². The van der Waals surface area contributed by atoms with Crippen LogP contribution in [0.2, 0.25) is 5.02 Å². The minimum atomic E-state index is -0.150. The summed E-state index contributed by atoms with van der Waals surface area (Å²) in [4.78, 5) is 12.7. The van der Waals surface area contributed by atoms with E-state index in [0.29, 0.717) is 40.8 Å². The standard InChI is InChI=1S/C23H27ClN4O3S/c1-4-7-19-21(10-9-18(15(2)29)23(19)30)31-12-5-6-13-32-22-11-8-17(14-20(22)24)28-16(3)25-26-27-28/h8-11,14,30H,4-7,12-13H2,1-3H3. The lowest BCUT2D eigenvalue weighted by molar-refractivity contribution is 0.101. The van der Waals surface area contributed by atoms with Crippen molar-refractivity contribution in [3.63, 3.8) is 0 Å². The number of aromatic hydroxyl groups is 1. The number of thioether (sulfide) groups is 1. The number of aryl methyl sites for hydroxylation is 1. The van der Waals surface area contributed by atoms with Gasteiger partial charge in [0.2, 0.25) is 0 Å². The van der Waals surface area contributed by atoms with Gasteiger partial charge in [-0.3, -0.25) is 4.79 Å². The molecule has 32 heavy (non-hydrogen) atoms. The molecule has 7 nitrogen and oxygen atoms in total. The molecule has 1 N–H and O–H groups in total. The van der Waals surface area contributed by atoms with Gasteiger partial charge >= 0.3 is 0 Å². The van der Waals surface area contributed by atoms with Crippen LogP contribution in [-0.4, -0.2) is 43.5 Å². The first-order valence-corrected chi connectivity index (χ1v) is 11.9. The average Bonchev–Trinajstić information content (AvgIpc) is 3.19. The van der Waals surface area contributed by atoms with Crippen LogP contribution in [0.4, 0.5) is 0 Å². The third-order valence-corrected chi connectivity index (χ3v) is 6.54. The van der Waals surface area contributed by atoms with Gasteiger partial charge in [0.25, 0.3) is 0 Å². The second-order valence-corrected chi connectivity index (χ2v) is 8.95. The van der Waals surface area contributed by atoms with Crippen LogP contribution in [0.1, 0.15) is 54.9 Å². The fourth-order valence-electron chi connectivity index (χ4n) is 3.31. The molecule has 0 fully saturated rings. The number of nitrogens with zero attached hydrogens (tertiary/aromatic N) is 4. The Balaban J connectivity index is 1.49. The lowest BCUT2D eigenvalue weighted by Crippen LogP contribution is -2.04. The van der Waals surface area contributed by atoms with E-state index in [-0.39, 0.29) is 11.5 Å². The summed E-state index contributed by atoms with van der Waals surface area (Å²) >= 11 is 8.14. The molecule has 0 unspecified atom stereocenters. The zero-order valence-corrected chi connectivity index (χ0v) is 20.0. The highest BCUT2D eigenvalue weighted by atomic mass is 35.5. The molecule has 0 spiro atoms. The molecule has 0 bridgehead atoms. The number of tetrazole rings is 1. The van der Waals surface area contributed by atoms with Crippen LogP contribution < -0.4 is 4.74 Å². The molecule has 0 radical (unpaired) electrons. The van der Waals surface area contributed by atoms with Crippen molar-refractivity contribution in [1.29, 1.82) is 0 Å². The van der Waals surface area contributed by atoms with Crippen molar-refractivity contribution in [2.24, 2.45) is 0 Å². The Labute approximate surface area is 197 Å². The number of carbonyl (C=O) groups excluding carboxylic acids is 1. The predicted octanol–water partition coefficient (Wildman–Crippen LogP) is 5.44. The smallest absolute Gasteiger partial charge is 0.163 e. The van der Waals surface area contributed by atoms with E-state index < -0.39 is 0 Å². The summed E-state index contributed by atoms with van der Waals surface area (Å²) in [6.45, 7) is 5.86. The number of benzene rings is 2. The molecule has 0 atom stereocenters. The molecule has 3 rings (SSSR count). The quantitative estimate of drug-likeness (QED) is 0.225. The lowest BCUT2D eigenvalue weighted by atomic mass is 10.0. The van der Waals surface area contributed by atoms with E-state index >= 15 is 0 Å². The third kappa shape index (κ3) is 5.81. The molecule has 0 saturated heterocycles. The molecule has 9 heteroatoms. The van der Waals surface area contributed by atoms with Crippen molar-refractivity contribution >= 4 is 29.1 Å². The molecular formula is C23H27ClN4O3S. The third-order valence-electron chi connectivity index (χ3n) is 4.96. The maximum Gasteiger partial charge on any atom is 0.163 e. The Bertz CT molecular complexity index is 1090. The highest BCUT2D eigenvalue weighted by Crippen LogP contribution is 2.33. The second-order valence-electron chi connectivity index (χ2n) is 7.40. The number of rotatable bonds is 11. The average molecular weight is 475 g/mol. The molecule has 0 aliphatic carbocycles. The summed E-state index contributed by atoms with van der Waals surface area (Å²) in [5.74, 6) is 2.15. The van der Waals surface area contributed by atoms with Crippen molar-refractivity contribution in [2.75, 3.05) is 12.4 Å². The predicted molar refractivity (Wildman–Crippen MR) is 126 cm³/mol. The van der Waals surface area contributed by atoms with E-state index in [0.717, 1.165) is 35.6 Å². The van der Waals surface area contributed by atoms with Gasteiger partial charge in [-0.05, 0) is 79.6 Å². The lowest BCUT2D eigenvalue weighted by Gasteiger charge is -2.14. The number of aromatic nitrogens is 4. The van der Waals surface area contributed by atoms with Gasteiger partial charge in [0.1, 0.15) is 11.5 Å². The number of carbonyl (C=O) groups is 1. The maximum atomic E-state index is 11.7. The van der Waals surface area contributed by atoms with Crippen LogP contribution in [0, 0.1) is 6.92 Å². The van der Waals surface area contributed by atoms with Crippen LogP contribution in [0.25, 0.3) is 5.69 Å². The number of ether oxygens (including phenoxy) is 1. The number of Topliss-reactive ketones (excluding diaryl/α,β-unsaturated/α-hetero) is 1. The number of unbranched alkanes of at least 4 members (excludes halogenated alkanes) is 1. The highest BCUT2D eigenvalue weighted by molar-refractivity contribution is 7.99. The van der Waals surface area contributed by atoms with Crippen LogP contribution in [0.3, 0.4) is 0 Å². The van der Waals surface area contributed by atoms with Gasteiger partial charge in [-0.1, -0.05) is 24.9 Å². The van der Waals surface area contributed by atoms with Gasteiger partial charge in [-0.15, -0.1) is 16.9 Å². The van der Waals surface area contributed by atoms with Crippen molar-refractivity contribution in [3.8, 4) is 17.2 Å². The van der Waals surface area contributed by atoms with Crippen LogP contribution in [0.15, 0.2) is 35.2 Å². The fraction of sp³-hybridized carbons (Fsp3) is 0.391. The van der Waals surface area contributed by atoms with Crippen LogP contribution in [0.5, 0.6) is 11.5 Å². The zero-order chi connectivity index (χ0) is 23.1. The first-order valence-electron chi connectivity index (χ1n) is 10.6. The Morgan fingerprint density at radius 3 is 2.72 bits per heavy atom. The Kier molecular flexibility index (Phi) is 8.53. The normalized spacial score (nSPS) is 11.0. The molecule has 3 aromatic rings. The number of phenolic OH excluding ortho intramolecular Hbond substituents is 1. The van der Waals surface area contributed by atoms with E-state index in [1.807, 2.05) is 32.0 Å². The summed E-state index contributed by atoms with van der Waals surface area (Å²) in [5.41, 5.74) is 1.88. The van der Waals surface area contributed by atoms with E-state index in [2.05, 4.69) is 15.5 Å². The highest BCUT2D eigenvalue weighted by Gasteiger charge is 2.15. The van der Waals surface area contributed by atoms with Crippen molar-refractivity contribution < 1.29 is 14.6 Å². The first kappa shape index (κ1) is 24.1. The van der Waals surface area contributed by atoms with Crippen LogP contribution >= 0.6 is 23.4 Å². The van der Waals surface area contributed by atoms with E-state index in [9.17, 15) is 9.90 Å². The summed E-state index contributed by atoms with van der Waals surface area (Å²) in [7, 11) is 0. The van der Waals surface area contributed by atoms with E-state index in [1.54, 1.807) is 28.6 Å². The molecule has 0 aliphatic heterocycles. The fourth-order valence-corrected chi connectivity index (χ4v) is 4.57. The molecular weight excluding hydrogens is 448 g/mol. The van der Waals surface area contributed by atoms with Crippen molar-refractivity contribution in [3.05, 3.63) is 52.3 Å². The van der Waals surface area contributed by atoms with E-state index in [4.69, 9.17) is 16.3 Å². The van der Waals surface area contributed by atoms with Gasteiger partial charge in [-0.25, -0.2) is 0 Å². The monoisotopic (exact) mass is 474 g/mol. The largest absolute Gasteiger partial charge is 0.507 e. The Hall–Kier alpha value is -2.58. The minimum Gasteiger partial charge on any atom is -0.507 e. The van der Waals surface area contributed by atoms with Gasteiger partial charge in [0.15, 0.2) is 11.6 Å². The topological polar surface area (TPSA) is 90.1 Å². The van der Waals surface area contributed by atoms with Crippen LogP contribution in [-0.2, 0) is 6.42 Å². The number of hydrogen-bond acceptors (Lipinski definition) is 7. The molecule has 0 aliphatic rings. The number of phenols is 1. The van der Waals surface area contributed by atoms with Gasteiger partial charge in [-0.2, -0.15) is 4.68 Å². The second kappa shape index (κ2) is 11.3. The minimum absolute atomic E-state index is 0.0439. The summed E-state index contributed by atoms with van der Waals surface area (Å²) in [6.07, 6.45) is 3.34. The van der Waals surface area contributed by atoms with Crippen molar-refractivity contribution in [2.45, 2.75) is 51.3 Å². The van der Waals surface area contributed by atoms with Crippen molar-refractivity contribution in [1.82, 2.24) is 20.2 Å². The SMILES string of the molecule is CCCc1c(OCCCCSc2ccc(-n3nnnc3C)cc2Cl)ccc(C(C)=O)c1O. The molecule has 1 aromatic heterocycles. The Morgan fingerprint density at radius 1 is 1.25 bits per heavy atom.